The Bertz CT molecular complexity index is 407. The molecule has 6 heteroatoms. The summed E-state index contributed by atoms with van der Waals surface area (Å²) in [4.78, 5) is 3.93. The third kappa shape index (κ3) is 4.23. The van der Waals surface area contributed by atoms with Crippen LogP contribution in [0.1, 0.15) is 12.8 Å². The third-order valence-electron chi connectivity index (χ3n) is 2.23. The van der Waals surface area contributed by atoms with Crippen molar-refractivity contribution in [1.82, 2.24) is 0 Å². The Labute approximate surface area is 105 Å². The molecule has 0 aliphatic carbocycles. The number of hydrogen-bond donors (Lipinski definition) is 5. The molecule has 0 atom stereocenters. The zero-order valence-corrected chi connectivity index (χ0v) is 10.0. The van der Waals surface area contributed by atoms with Crippen molar-refractivity contribution in [3.05, 3.63) is 12.1 Å². The fraction of sp³-hybridized carbons (Fsp3) is 0.417. The Balaban J connectivity index is 2.76. The summed E-state index contributed by atoms with van der Waals surface area (Å²) < 4.78 is 0. The van der Waals surface area contributed by atoms with Crippen LogP contribution in [0.2, 0.25) is 0 Å². The summed E-state index contributed by atoms with van der Waals surface area (Å²) in [6.07, 6.45) is 2.40. The molecule has 1 aromatic rings. The van der Waals surface area contributed by atoms with Crippen LogP contribution in [0.3, 0.4) is 0 Å². The highest BCUT2D eigenvalue weighted by Crippen LogP contribution is 2.36. The molecule has 0 saturated carbocycles. The molecule has 0 aliphatic rings. The highest BCUT2D eigenvalue weighted by Gasteiger charge is 2.07. The van der Waals surface area contributed by atoms with Gasteiger partial charge in [0.25, 0.3) is 0 Å². The van der Waals surface area contributed by atoms with Crippen molar-refractivity contribution in [2.45, 2.75) is 12.8 Å². The third-order valence-corrected chi connectivity index (χ3v) is 2.23. The van der Waals surface area contributed by atoms with Gasteiger partial charge in [-0.2, -0.15) is 0 Å². The first-order valence-electron chi connectivity index (χ1n) is 5.73. The summed E-state index contributed by atoms with van der Waals surface area (Å²) in [5, 5.41) is 39.5. The Hall–Kier alpha value is -1.79. The molecule has 0 radical (unpaired) electrons. The minimum absolute atomic E-state index is 0.0168. The van der Waals surface area contributed by atoms with Crippen LogP contribution in [0.4, 0.5) is 11.4 Å². The lowest BCUT2D eigenvalue weighted by atomic mass is 10.2. The van der Waals surface area contributed by atoms with Crippen molar-refractivity contribution in [3.8, 4) is 11.5 Å². The topological polar surface area (TPSA) is 105 Å². The molecule has 0 spiro atoms. The number of nitrogens with one attached hydrogen (secondary N) is 1. The number of aromatic hydroxyl groups is 2. The molecular weight excluding hydrogens is 236 g/mol. The molecule has 1 aromatic carbocycles. The largest absolute Gasteiger partial charge is 0.506 e. The van der Waals surface area contributed by atoms with Crippen LogP contribution in [0.25, 0.3) is 0 Å². The lowest BCUT2D eigenvalue weighted by molar-refractivity contribution is 0.292. The summed E-state index contributed by atoms with van der Waals surface area (Å²) in [5.74, 6) is -0.0876. The van der Waals surface area contributed by atoms with Crippen LogP contribution in [0.5, 0.6) is 11.5 Å². The average molecular weight is 254 g/mol. The first-order chi connectivity index (χ1) is 8.69. The van der Waals surface area contributed by atoms with E-state index in [-0.39, 0.29) is 30.4 Å². The van der Waals surface area contributed by atoms with Gasteiger partial charge in [-0.3, -0.25) is 4.99 Å². The van der Waals surface area contributed by atoms with Crippen molar-refractivity contribution in [1.29, 1.82) is 0 Å². The molecule has 18 heavy (non-hydrogen) atoms. The number of phenolic OH excluding ortho intramolecular Hbond substituents is 2. The number of aliphatic hydroxyl groups excluding tert-OH is 2. The van der Waals surface area contributed by atoms with Gasteiger partial charge in [0.2, 0.25) is 0 Å². The fourth-order valence-electron chi connectivity index (χ4n) is 1.33. The lowest BCUT2D eigenvalue weighted by Gasteiger charge is -2.09. The molecule has 0 saturated heterocycles. The SMILES string of the molecule is OCCC=Nc1cc(O)c(NCCCO)cc1O. The predicted octanol–water partition coefficient (Wildman–Crippen LogP) is 0.977. The van der Waals surface area contributed by atoms with Crippen LogP contribution < -0.4 is 5.32 Å². The van der Waals surface area contributed by atoms with Gasteiger partial charge in [-0.25, -0.2) is 0 Å². The molecule has 0 unspecified atom stereocenters. The summed E-state index contributed by atoms with van der Waals surface area (Å²) in [5.41, 5.74) is 0.635. The van der Waals surface area contributed by atoms with Crippen LogP contribution in [0.15, 0.2) is 17.1 Å². The van der Waals surface area contributed by atoms with E-state index in [2.05, 4.69) is 10.3 Å². The summed E-state index contributed by atoms with van der Waals surface area (Å²) in [6.45, 7) is 0.539. The van der Waals surface area contributed by atoms with E-state index in [1.807, 2.05) is 0 Å². The average Bonchev–Trinajstić information content (AvgIpc) is 2.35. The number of aliphatic hydroxyl groups is 2. The molecule has 100 valence electrons. The fourth-order valence-corrected chi connectivity index (χ4v) is 1.33. The van der Waals surface area contributed by atoms with E-state index in [0.717, 1.165) is 0 Å². The Morgan fingerprint density at radius 1 is 1.11 bits per heavy atom. The number of rotatable bonds is 7. The minimum atomic E-state index is -0.0616. The van der Waals surface area contributed by atoms with Gasteiger partial charge >= 0.3 is 0 Å². The summed E-state index contributed by atoms with van der Waals surface area (Å²) >= 11 is 0. The number of benzene rings is 1. The number of anilines is 1. The number of hydrogen-bond acceptors (Lipinski definition) is 6. The maximum Gasteiger partial charge on any atom is 0.143 e. The summed E-state index contributed by atoms with van der Waals surface area (Å²) in [7, 11) is 0. The van der Waals surface area contributed by atoms with Crippen molar-refractivity contribution in [2.24, 2.45) is 4.99 Å². The van der Waals surface area contributed by atoms with Gasteiger partial charge in [-0.15, -0.1) is 0 Å². The van der Waals surface area contributed by atoms with Crippen molar-refractivity contribution in [2.75, 3.05) is 25.1 Å². The number of aliphatic imine (C=N–C) groups is 1. The van der Waals surface area contributed by atoms with Crippen molar-refractivity contribution < 1.29 is 20.4 Å². The van der Waals surface area contributed by atoms with E-state index in [0.29, 0.717) is 25.1 Å². The van der Waals surface area contributed by atoms with Gasteiger partial charge in [-0.1, -0.05) is 0 Å². The van der Waals surface area contributed by atoms with Crippen LogP contribution in [-0.4, -0.2) is 46.4 Å². The quantitative estimate of drug-likeness (QED) is 0.216. The summed E-state index contributed by atoms with van der Waals surface area (Å²) in [6, 6.07) is 2.71. The smallest absolute Gasteiger partial charge is 0.143 e. The van der Waals surface area contributed by atoms with E-state index in [4.69, 9.17) is 10.2 Å². The van der Waals surface area contributed by atoms with Gasteiger partial charge in [0.05, 0.1) is 5.69 Å². The Kier molecular flexibility index (Phi) is 5.96. The van der Waals surface area contributed by atoms with Gasteiger partial charge in [0.1, 0.15) is 17.2 Å². The maximum absolute atomic E-state index is 9.71. The Morgan fingerprint density at radius 3 is 2.56 bits per heavy atom. The molecule has 0 amide bonds. The van der Waals surface area contributed by atoms with Crippen LogP contribution in [0, 0.1) is 0 Å². The van der Waals surface area contributed by atoms with Gasteiger partial charge in [0, 0.05) is 44.5 Å². The predicted molar refractivity (Wildman–Crippen MR) is 69.8 cm³/mol. The first-order valence-corrected chi connectivity index (χ1v) is 5.73. The second-order valence-corrected chi connectivity index (χ2v) is 3.69. The second-order valence-electron chi connectivity index (χ2n) is 3.69. The Morgan fingerprint density at radius 2 is 1.89 bits per heavy atom. The second kappa shape index (κ2) is 7.52. The van der Waals surface area contributed by atoms with E-state index in [9.17, 15) is 10.2 Å². The van der Waals surface area contributed by atoms with Crippen molar-refractivity contribution in [3.63, 3.8) is 0 Å². The molecule has 6 nitrogen and oxygen atoms in total. The standard InChI is InChI=1S/C12H18N2O4/c15-5-1-3-13-9-7-12(18)10(8-11(9)17)14-4-2-6-16/h3,7-8,14-18H,1-2,4-6H2. The molecule has 0 aliphatic heterocycles. The van der Waals surface area contributed by atoms with Crippen molar-refractivity contribution >= 4 is 17.6 Å². The van der Waals surface area contributed by atoms with Gasteiger partial charge < -0.3 is 25.7 Å². The van der Waals surface area contributed by atoms with E-state index in [1.54, 1.807) is 0 Å². The van der Waals surface area contributed by atoms with Gasteiger partial charge in [-0.05, 0) is 6.42 Å². The zero-order chi connectivity index (χ0) is 13.4. The number of phenols is 2. The molecule has 1 rings (SSSR count). The van der Waals surface area contributed by atoms with Crippen LogP contribution >= 0.6 is 0 Å². The lowest BCUT2D eigenvalue weighted by Crippen LogP contribution is -2.03. The highest BCUT2D eigenvalue weighted by molar-refractivity contribution is 5.72. The minimum Gasteiger partial charge on any atom is -0.506 e. The molecule has 0 fully saturated rings. The van der Waals surface area contributed by atoms with E-state index >= 15 is 0 Å². The normalized spacial score (nSPS) is 11.0. The molecule has 0 bridgehead atoms. The molecular formula is C12H18N2O4. The van der Waals surface area contributed by atoms with E-state index < -0.39 is 0 Å². The monoisotopic (exact) mass is 254 g/mol. The van der Waals surface area contributed by atoms with Crippen LogP contribution in [-0.2, 0) is 0 Å². The molecule has 0 aromatic heterocycles. The first kappa shape index (κ1) is 14.3. The van der Waals surface area contributed by atoms with Gasteiger partial charge in [0.15, 0.2) is 0 Å². The molecule has 5 N–H and O–H groups in total. The van der Waals surface area contributed by atoms with E-state index in [1.165, 1.54) is 18.3 Å². The molecule has 0 heterocycles. The maximum atomic E-state index is 9.71. The number of nitrogens with zero attached hydrogens (tertiary/aromatic N) is 1. The zero-order valence-electron chi connectivity index (χ0n) is 10.0. The highest BCUT2D eigenvalue weighted by atomic mass is 16.3.